The number of hydrogen-bond donors (Lipinski definition) is 0. The molecule has 1 aromatic heterocycles. The molecule has 0 N–H and O–H groups in total. The standard InChI is InChI=1S/C28H21Cl2F5N2S/c1-15-12-16(8-10-21(15)29)18-4-2-7-25-26(18)37(17-9-11-24(32)20(13-17)28(33,34)35)27(36-25)38-14-19-22(30)5-3-6-23(19)31/h3,5-6,8-13,18H,2,4,7,14H2,1H3. The second kappa shape index (κ2) is 10.5. The van der Waals surface area contributed by atoms with Crippen molar-refractivity contribution in [2.75, 3.05) is 0 Å². The van der Waals surface area contributed by atoms with E-state index in [0.29, 0.717) is 16.6 Å². The van der Waals surface area contributed by atoms with Gasteiger partial charge in [-0.05, 0) is 73.7 Å². The summed E-state index contributed by atoms with van der Waals surface area (Å²) in [6.07, 6.45) is -2.67. The highest BCUT2D eigenvalue weighted by atomic mass is 35.5. The smallest absolute Gasteiger partial charge is 0.291 e. The number of fused-ring (bicyclic) bond motifs is 1. The number of aryl methyl sites for hydroxylation is 2. The lowest BCUT2D eigenvalue weighted by molar-refractivity contribution is -0.140. The summed E-state index contributed by atoms with van der Waals surface area (Å²) in [5, 5.41) is 1.24. The fraction of sp³-hybridized carbons (Fsp3) is 0.250. The molecular weight excluding hydrogens is 562 g/mol. The molecule has 0 bridgehead atoms. The molecule has 0 spiro atoms. The average molecular weight is 583 g/mol. The Balaban J connectivity index is 1.68. The van der Waals surface area contributed by atoms with E-state index in [4.69, 9.17) is 28.2 Å². The number of alkyl halides is 3. The molecule has 1 heterocycles. The number of halogens is 7. The number of rotatable bonds is 5. The van der Waals surface area contributed by atoms with Crippen LogP contribution in [-0.2, 0) is 18.3 Å². The van der Waals surface area contributed by atoms with Crippen LogP contribution in [0.5, 0.6) is 0 Å². The minimum atomic E-state index is -4.87. The Labute approximate surface area is 230 Å². The van der Waals surface area contributed by atoms with E-state index in [1.807, 2.05) is 19.1 Å². The molecule has 1 aliphatic carbocycles. The SMILES string of the molecule is Cc1cc(C2CCCc3nc(SCc4c(F)cccc4Cl)n(-c4ccc(F)c(C(F)(F)F)c4)c32)ccc1Cl. The van der Waals surface area contributed by atoms with Gasteiger partial charge in [0.15, 0.2) is 5.16 Å². The van der Waals surface area contributed by atoms with Crippen LogP contribution < -0.4 is 0 Å². The van der Waals surface area contributed by atoms with E-state index in [1.54, 1.807) is 16.7 Å². The number of aromatic nitrogens is 2. The van der Waals surface area contributed by atoms with E-state index in [-0.39, 0.29) is 27.9 Å². The van der Waals surface area contributed by atoms with Gasteiger partial charge in [-0.2, -0.15) is 13.2 Å². The molecule has 0 aliphatic heterocycles. The summed E-state index contributed by atoms with van der Waals surface area (Å²) in [4.78, 5) is 4.79. The number of benzene rings is 3. The molecule has 198 valence electrons. The van der Waals surface area contributed by atoms with Gasteiger partial charge in [-0.1, -0.05) is 53.2 Å². The molecule has 3 aromatic carbocycles. The highest BCUT2D eigenvalue weighted by Crippen LogP contribution is 2.43. The average Bonchev–Trinajstić information content (AvgIpc) is 3.23. The molecule has 0 saturated heterocycles. The van der Waals surface area contributed by atoms with E-state index in [1.165, 1.54) is 30.0 Å². The minimum Gasteiger partial charge on any atom is -0.291 e. The fourth-order valence-corrected chi connectivity index (χ4v) is 6.34. The van der Waals surface area contributed by atoms with Crippen molar-refractivity contribution in [3.8, 4) is 5.69 Å². The molecule has 0 saturated carbocycles. The Morgan fingerprint density at radius 1 is 1.00 bits per heavy atom. The number of hydrogen-bond acceptors (Lipinski definition) is 2. The zero-order chi connectivity index (χ0) is 27.2. The molecule has 5 rings (SSSR count). The zero-order valence-corrected chi connectivity index (χ0v) is 22.4. The van der Waals surface area contributed by atoms with Crippen LogP contribution in [0.25, 0.3) is 5.69 Å². The van der Waals surface area contributed by atoms with E-state index in [9.17, 15) is 22.0 Å². The fourth-order valence-electron chi connectivity index (χ4n) is 4.84. The Morgan fingerprint density at radius 3 is 2.50 bits per heavy atom. The van der Waals surface area contributed by atoms with Crippen LogP contribution in [0.2, 0.25) is 10.0 Å². The maximum atomic E-state index is 14.5. The number of nitrogens with zero attached hydrogens (tertiary/aromatic N) is 2. The molecule has 38 heavy (non-hydrogen) atoms. The molecule has 4 aromatic rings. The van der Waals surface area contributed by atoms with Gasteiger partial charge in [-0.25, -0.2) is 13.8 Å². The van der Waals surface area contributed by atoms with Gasteiger partial charge >= 0.3 is 6.18 Å². The molecule has 1 aliphatic rings. The van der Waals surface area contributed by atoms with Gasteiger partial charge in [0, 0.05) is 33.0 Å². The summed E-state index contributed by atoms with van der Waals surface area (Å²) in [6, 6.07) is 13.0. The Bertz CT molecular complexity index is 1500. The molecule has 2 nitrogen and oxygen atoms in total. The Kier molecular flexibility index (Phi) is 7.50. The van der Waals surface area contributed by atoms with Crippen molar-refractivity contribution in [3.05, 3.63) is 110 Å². The van der Waals surface area contributed by atoms with Gasteiger partial charge in [0.05, 0.1) is 17.0 Å². The maximum absolute atomic E-state index is 14.5. The van der Waals surface area contributed by atoms with Crippen molar-refractivity contribution >= 4 is 35.0 Å². The monoisotopic (exact) mass is 582 g/mol. The second-order valence-electron chi connectivity index (χ2n) is 9.17. The van der Waals surface area contributed by atoms with Crippen molar-refractivity contribution in [2.24, 2.45) is 0 Å². The van der Waals surface area contributed by atoms with Crippen LogP contribution in [-0.4, -0.2) is 9.55 Å². The van der Waals surface area contributed by atoms with Crippen LogP contribution >= 0.6 is 35.0 Å². The summed E-state index contributed by atoms with van der Waals surface area (Å²) in [5.41, 5.74) is 2.36. The first-order chi connectivity index (χ1) is 18.0. The highest BCUT2D eigenvalue weighted by molar-refractivity contribution is 7.98. The molecule has 1 unspecified atom stereocenters. The maximum Gasteiger partial charge on any atom is 0.419 e. The summed E-state index contributed by atoms with van der Waals surface area (Å²) in [6.45, 7) is 1.89. The summed E-state index contributed by atoms with van der Waals surface area (Å²) in [5.74, 6) is -1.90. The van der Waals surface area contributed by atoms with Gasteiger partial charge in [-0.3, -0.25) is 4.57 Å². The molecule has 10 heteroatoms. The third kappa shape index (κ3) is 5.18. The van der Waals surface area contributed by atoms with Crippen molar-refractivity contribution in [2.45, 2.75) is 49.2 Å². The molecule has 0 fully saturated rings. The van der Waals surface area contributed by atoms with Crippen molar-refractivity contribution in [3.63, 3.8) is 0 Å². The summed E-state index contributed by atoms with van der Waals surface area (Å²) < 4.78 is 71.3. The first-order valence-electron chi connectivity index (χ1n) is 11.8. The zero-order valence-electron chi connectivity index (χ0n) is 20.1. The topological polar surface area (TPSA) is 17.8 Å². The third-order valence-electron chi connectivity index (χ3n) is 6.70. The van der Waals surface area contributed by atoms with E-state index in [2.05, 4.69) is 0 Å². The summed E-state index contributed by atoms with van der Waals surface area (Å²) in [7, 11) is 0. The number of thioether (sulfide) groups is 1. The van der Waals surface area contributed by atoms with Crippen LogP contribution in [0.1, 0.15) is 52.4 Å². The van der Waals surface area contributed by atoms with Gasteiger partial charge in [0.1, 0.15) is 11.6 Å². The molecular formula is C28H21Cl2F5N2S. The summed E-state index contributed by atoms with van der Waals surface area (Å²) >= 11 is 13.6. The Hall–Kier alpha value is -2.55. The minimum absolute atomic E-state index is 0.111. The van der Waals surface area contributed by atoms with Crippen LogP contribution in [0.4, 0.5) is 22.0 Å². The highest BCUT2D eigenvalue weighted by Gasteiger charge is 2.36. The predicted octanol–water partition coefficient (Wildman–Crippen LogP) is 9.55. The lowest BCUT2D eigenvalue weighted by Crippen LogP contribution is -2.16. The van der Waals surface area contributed by atoms with Gasteiger partial charge in [0.25, 0.3) is 0 Å². The predicted molar refractivity (Wildman–Crippen MR) is 140 cm³/mol. The Morgan fingerprint density at radius 2 is 1.79 bits per heavy atom. The van der Waals surface area contributed by atoms with Crippen LogP contribution in [0.3, 0.4) is 0 Å². The van der Waals surface area contributed by atoms with Crippen LogP contribution in [0, 0.1) is 18.6 Å². The lowest BCUT2D eigenvalue weighted by atomic mass is 9.83. The first-order valence-corrected chi connectivity index (χ1v) is 13.6. The van der Waals surface area contributed by atoms with Gasteiger partial charge in [-0.15, -0.1) is 0 Å². The quantitative estimate of drug-likeness (QED) is 0.172. The number of imidazole rings is 1. The lowest BCUT2D eigenvalue weighted by Gasteiger charge is -2.26. The first kappa shape index (κ1) is 27.0. The van der Waals surface area contributed by atoms with Crippen LogP contribution in [0.15, 0.2) is 59.8 Å². The van der Waals surface area contributed by atoms with Crippen molar-refractivity contribution in [1.29, 1.82) is 0 Å². The second-order valence-corrected chi connectivity index (χ2v) is 10.9. The van der Waals surface area contributed by atoms with E-state index in [0.717, 1.165) is 47.5 Å². The molecule has 1 atom stereocenters. The third-order valence-corrected chi connectivity index (χ3v) is 8.44. The van der Waals surface area contributed by atoms with Gasteiger partial charge in [0.2, 0.25) is 0 Å². The normalized spacial score (nSPS) is 15.5. The molecule has 0 radical (unpaired) electrons. The van der Waals surface area contributed by atoms with Gasteiger partial charge < -0.3 is 0 Å². The van der Waals surface area contributed by atoms with E-state index >= 15 is 0 Å². The van der Waals surface area contributed by atoms with Crippen molar-refractivity contribution < 1.29 is 22.0 Å². The molecule has 0 amide bonds. The van der Waals surface area contributed by atoms with E-state index < -0.39 is 23.4 Å². The van der Waals surface area contributed by atoms with Crippen molar-refractivity contribution in [1.82, 2.24) is 9.55 Å². The largest absolute Gasteiger partial charge is 0.419 e.